The molecule has 0 aliphatic carbocycles. The van der Waals surface area contributed by atoms with Gasteiger partial charge in [-0.25, -0.2) is 0 Å². The van der Waals surface area contributed by atoms with Crippen LogP contribution in [-0.4, -0.2) is 48.7 Å². The SMILES string of the molecule is OC(CNc1ccc(Cl)c(Cl)c1)COc1ccc(OCC(O)CNc2ccc(Cl)c(Cl)c2)cc1. The number of halogens is 4. The van der Waals surface area contributed by atoms with Crippen LogP contribution in [0.5, 0.6) is 11.5 Å². The Morgan fingerprint density at radius 2 is 0.971 bits per heavy atom. The van der Waals surface area contributed by atoms with E-state index in [1.807, 2.05) is 0 Å². The van der Waals surface area contributed by atoms with Crippen LogP contribution in [-0.2, 0) is 0 Å². The first kappa shape index (κ1) is 26.5. The molecule has 0 spiro atoms. The van der Waals surface area contributed by atoms with E-state index in [0.29, 0.717) is 31.6 Å². The van der Waals surface area contributed by atoms with Crippen LogP contribution in [0.1, 0.15) is 0 Å². The Hall–Kier alpha value is -2.06. The summed E-state index contributed by atoms with van der Waals surface area (Å²) < 4.78 is 11.2. The second-order valence-corrected chi connectivity index (χ2v) is 9.05. The number of aliphatic hydroxyl groups is 2. The zero-order valence-corrected chi connectivity index (χ0v) is 21.0. The molecule has 4 N–H and O–H groups in total. The molecule has 2 atom stereocenters. The third-order valence-corrected chi connectivity index (χ3v) is 6.11. The fraction of sp³-hybridized carbons (Fsp3) is 0.250. The highest BCUT2D eigenvalue weighted by molar-refractivity contribution is 6.42. The molecule has 6 nitrogen and oxygen atoms in total. The van der Waals surface area contributed by atoms with Gasteiger partial charge in [0.15, 0.2) is 0 Å². The summed E-state index contributed by atoms with van der Waals surface area (Å²) in [5, 5.41) is 28.3. The van der Waals surface area contributed by atoms with Crippen LogP contribution < -0.4 is 20.1 Å². The van der Waals surface area contributed by atoms with E-state index in [1.165, 1.54) is 0 Å². The van der Waals surface area contributed by atoms with Gasteiger partial charge in [0, 0.05) is 24.5 Å². The number of anilines is 2. The van der Waals surface area contributed by atoms with Gasteiger partial charge >= 0.3 is 0 Å². The maximum absolute atomic E-state index is 10.1. The molecule has 182 valence electrons. The van der Waals surface area contributed by atoms with Crippen molar-refractivity contribution in [2.45, 2.75) is 12.2 Å². The lowest BCUT2D eigenvalue weighted by Crippen LogP contribution is -2.26. The van der Waals surface area contributed by atoms with Gasteiger partial charge in [0.25, 0.3) is 0 Å². The van der Waals surface area contributed by atoms with Crippen molar-refractivity contribution < 1.29 is 19.7 Å². The van der Waals surface area contributed by atoms with Crippen LogP contribution in [0.2, 0.25) is 20.1 Å². The minimum atomic E-state index is -0.733. The molecular formula is C24H24Cl4N2O4. The lowest BCUT2D eigenvalue weighted by atomic mass is 10.3. The molecule has 0 aliphatic heterocycles. The molecule has 3 aromatic rings. The summed E-state index contributed by atoms with van der Waals surface area (Å²) in [6.07, 6.45) is -1.47. The topological polar surface area (TPSA) is 83.0 Å². The van der Waals surface area contributed by atoms with Gasteiger partial charge in [0.1, 0.15) is 36.9 Å². The monoisotopic (exact) mass is 544 g/mol. The van der Waals surface area contributed by atoms with Gasteiger partial charge in [0.2, 0.25) is 0 Å². The number of hydrogen-bond donors (Lipinski definition) is 4. The predicted molar refractivity (Wildman–Crippen MR) is 139 cm³/mol. The molecular weight excluding hydrogens is 522 g/mol. The Kier molecular flexibility index (Phi) is 10.3. The van der Waals surface area contributed by atoms with Gasteiger partial charge < -0.3 is 30.3 Å². The lowest BCUT2D eigenvalue weighted by Gasteiger charge is -2.16. The second kappa shape index (κ2) is 13.1. The Labute approximate surface area is 218 Å². The normalized spacial score (nSPS) is 12.6. The Morgan fingerprint density at radius 1 is 0.588 bits per heavy atom. The summed E-state index contributed by atoms with van der Waals surface area (Å²) in [7, 11) is 0. The van der Waals surface area contributed by atoms with Crippen LogP contribution in [0.25, 0.3) is 0 Å². The van der Waals surface area contributed by atoms with E-state index in [4.69, 9.17) is 55.9 Å². The van der Waals surface area contributed by atoms with Gasteiger partial charge in [-0.15, -0.1) is 0 Å². The van der Waals surface area contributed by atoms with E-state index in [0.717, 1.165) is 11.4 Å². The van der Waals surface area contributed by atoms with Crippen molar-refractivity contribution in [3.05, 3.63) is 80.8 Å². The first-order valence-electron chi connectivity index (χ1n) is 10.4. The Balaban J connectivity index is 1.35. The number of hydrogen-bond acceptors (Lipinski definition) is 6. The molecule has 0 amide bonds. The summed E-state index contributed by atoms with van der Waals surface area (Å²) in [5.74, 6) is 1.17. The van der Waals surface area contributed by atoms with Crippen molar-refractivity contribution in [2.75, 3.05) is 36.9 Å². The van der Waals surface area contributed by atoms with Gasteiger partial charge in [-0.3, -0.25) is 0 Å². The van der Waals surface area contributed by atoms with Crippen molar-refractivity contribution >= 4 is 57.8 Å². The van der Waals surface area contributed by atoms with E-state index in [-0.39, 0.29) is 26.3 Å². The van der Waals surface area contributed by atoms with E-state index in [9.17, 15) is 10.2 Å². The zero-order valence-electron chi connectivity index (χ0n) is 18.0. The summed E-state index contributed by atoms with van der Waals surface area (Å²) in [6.45, 7) is 0.780. The van der Waals surface area contributed by atoms with E-state index in [1.54, 1.807) is 60.7 Å². The summed E-state index contributed by atoms with van der Waals surface area (Å²) in [6, 6.07) is 17.2. The Morgan fingerprint density at radius 3 is 1.32 bits per heavy atom. The average Bonchev–Trinajstić information content (AvgIpc) is 2.83. The van der Waals surface area contributed by atoms with Gasteiger partial charge in [-0.05, 0) is 60.7 Å². The van der Waals surface area contributed by atoms with Crippen molar-refractivity contribution in [3.63, 3.8) is 0 Å². The molecule has 0 radical (unpaired) electrons. The first-order valence-corrected chi connectivity index (χ1v) is 11.9. The number of aliphatic hydroxyl groups excluding tert-OH is 2. The summed E-state index contributed by atoms with van der Waals surface area (Å²) in [5.41, 5.74) is 1.51. The maximum atomic E-state index is 10.1. The fourth-order valence-corrected chi connectivity index (χ4v) is 3.41. The third kappa shape index (κ3) is 8.62. The quantitative estimate of drug-likeness (QED) is 0.223. The van der Waals surface area contributed by atoms with Crippen molar-refractivity contribution in [3.8, 4) is 11.5 Å². The van der Waals surface area contributed by atoms with Crippen LogP contribution in [0.4, 0.5) is 11.4 Å². The minimum Gasteiger partial charge on any atom is -0.491 e. The zero-order chi connectivity index (χ0) is 24.5. The predicted octanol–water partition coefficient (Wildman–Crippen LogP) is 6.00. The molecule has 34 heavy (non-hydrogen) atoms. The van der Waals surface area contributed by atoms with E-state index < -0.39 is 12.2 Å². The molecule has 0 saturated heterocycles. The molecule has 2 unspecified atom stereocenters. The molecule has 0 aliphatic rings. The molecule has 3 aromatic carbocycles. The fourth-order valence-electron chi connectivity index (χ4n) is 2.82. The second-order valence-electron chi connectivity index (χ2n) is 7.42. The van der Waals surface area contributed by atoms with Gasteiger partial charge in [-0.2, -0.15) is 0 Å². The highest BCUT2D eigenvalue weighted by Crippen LogP contribution is 2.26. The van der Waals surface area contributed by atoms with E-state index >= 15 is 0 Å². The van der Waals surface area contributed by atoms with E-state index in [2.05, 4.69) is 10.6 Å². The number of nitrogens with one attached hydrogen (secondary N) is 2. The molecule has 3 rings (SSSR count). The molecule has 0 bridgehead atoms. The van der Waals surface area contributed by atoms with Crippen molar-refractivity contribution in [2.24, 2.45) is 0 Å². The maximum Gasteiger partial charge on any atom is 0.119 e. The molecule has 0 heterocycles. The minimum absolute atomic E-state index is 0.105. The van der Waals surface area contributed by atoms with Crippen LogP contribution in [0, 0.1) is 0 Å². The highest BCUT2D eigenvalue weighted by atomic mass is 35.5. The molecule has 0 saturated carbocycles. The molecule has 10 heteroatoms. The summed E-state index contributed by atoms with van der Waals surface area (Å²) >= 11 is 23.7. The average molecular weight is 546 g/mol. The first-order chi connectivity index (χ1) is 16.3. The van der Waals surface area contributed by atoms with Crippen molar-refractivity contribution in [1.82, 2.24) is 0 Å². The van der Waals surface area contributed by atoms with Gasteiger partial charge in [0.05, 0.1) is 20.1 Å². The molecule has 0 aromatic heterocycles. The lowest BCUT2D eigenvalue weighted by molar-refractivity contribution is 0.115. The summed E-state index contributed by atoms with van der Waals surface area (Å²) in [4.78, 5) is 0. The number of rotatable bonds is 12. The number of ether oxygens (including phenoxy) is 2. The number of benzene rings is 3. The highest BCUT2D eigenvalue weighted by Gasteiger charge is 2.09. The Bertz CT molecular complexity index is 985. The smallest absolute Gasteiger partial charge is 0.119 e. The van der Waals surface area contributed by atoms with Crippen LogP contribution >= 0.6 is 46.4 Å². The van der Waals surface area contributed by atoms with Crippen LogP contribution in [0.3, 0.4) is 0 Å². The standard InChI is InChI=1S/C24H24Cl4N2O4/c25-21-7-1-15(9-23(21)27)29-11-17(31)13-33-19-3-5-20(6-4-19)34-14-18(32)12-30-16-2-8-22(26)24(28)10-16/h1-10,17-18,29-32H,11-14H2. The third-order valence-electron chi connectivity index (χ3n) is 4.63. The van der Waals surface area contributed by atoms with Crippen LogP contribution in [0.15, 0.2) is 60.7 Å². The largest absolute Gasteiger partial charge is 0.491 e. The van der Waals surface area contributed by atoms with Crippen molar-refractivity contribution in [1.29, 1.82) is 0 Å². The molecule has 0 fully saturated rings. The van der Waals surface area contributed by atoms with Gasteiger partial charge in [-0.1, -0.05) is 46.4 Å².